The number of fused-ring (bicyclic) bond motifs is 1. The molecule has 1 aromatic heterocycles. The first-order valence-electron chi connectivity index (χ1n) is 5.30. The molecule has 1 aromatic carbocycles. The lowest BCUT2D eigenvalue weighted by Gasteiger charge is -2.02. The number of aromatic nitrogens is 1. The number of carbonyl (C=O) groups is 1. The number of amides is 1. The molecule has 0 aliphatic heterocycles. The molecule has 2 N–H and O–H groups in total. The van der Waals surface area contributed by atoms with Crippen LogP contribution in [0, 0.1) is 12.7 Å². The van der Waals surface area contributed by atoms with Gasteiger partial charge < -0.3 is 10.3 Å². The topological polar surface area (TPSA) is 44.9 Å². The summed E-state index contributed by atoms with van der Waals surface area (Å²) in [7, 11) is 0. The Morgan fingerprint density at radius 3 is 3.06 bits per heavy atom. The summed E-state index contributed by atoms with van der Waals surface area (Å²) in [5, 5.41) is 3.44. The molecule has 0 unspecified atom stereocenters. The Labute approximate surface area is 98.3 Å². The van der Waals surface area contributed by atoms with Crippen molar-refractivity contribution in [3.63, 3.8) is 0 Å². The van der Waals surface area contributed by atoms with Crippen molar-refractivity contribution in [2.24, 2.45) is 0 Å². The van der Waals surface area contributed by atoms with E-state index in [-0.39, 0.29) is 11.7 Å². The van der Waals surface area contributed by atoms with Crippen LogP contribution in [-0.2, 0) is 0 Å². The minimum absolute atomic E-state index is 0.180. The first-order valence-corrected chi connectivity index (χ1v) is 5.30. The highest BCUT2D eigenvalue weighted by atomic mass is 19.1. The van der Waals surface area contributed by atoms with Crippen LogP contribution in [0.1, 0.15) is 16.1 Å². The zero-order chi connectivity index (χ0) is 12.4. The van der Waals surface area contributed by atoms with Crippen LogP contribution in [-0.4, -0.2) is 17.4 Å². The average molecular weight is 232 g/mol. The van der Waals surface area contributed by atoms with Crippen LogP contribution in [0.4, 0.5) is 4.39 Å². The molecule has 0 saturated carbocycles. The monoisotopic (exact) mass is 232 g/mol. The molecule has 4 heteroatoms. The van der Waals surface area contributed by atoms with Crippen LogP contribution in [0.5, 0.6) is 0 Å². The molecule has 2 aromatic rings. The minimum Gasteiger partial charge on any atom is -0.358 e. The molecule has 0 bridgehead atoms. The lowest BCUT2D eigenvalue weighted by atomic mass is 10.1. The van der Waals surface area contributed by atoms with Gasteiger partial charge in [-0.05, 0) is 25.1 Å². The molecule has 3 nitrogen and oxygen atoms in total. The maximum absolute atomic E-state index is 13.0. The highest BCUT2D eigenvalue weighted by Crippen LogP contribution is 2.22. The van der Waals surface area contributed by atoms with Gasteiger partial charge in [0.2, 0.25) is 0 Å². The van der Waals surface area contributed by atoms with Crippen LogP contribution in [0.15, 0.2) is 30.9 Å². The number of rotatable bonds is 3. The molecule has 2 rings (SSSR count). The third-order valence-corrected chi connectivity index (χ3v) is 2.58. The fraction of sp³-hybridized carbons (Fsp3) is 0.154. The van der Waals surface area contributed by atoms with Crippen molar-refractivity contribution >= 4 is 16.8 Å². The summed E-state index contributed by atoms with van der Waals surface area (Å²) in [6.45, 7) is 5.74. The van der Waals surface area contributed by atoms with Gasteiger partial charge in [-0.1, -0.05) is 6.08 Å². The van der Waals surface area contributed by atoms with Gasteiger partial charge in [-0.15, -0.1) is 6.58 Å². The molecule has 88 valence electrons. The molecule has 0 fully saturated rings. The van der Waals surface area contributed by atoms with Crippen molar-refractivity contribution in [3.8, 4) is 0 Å². The molecule has 0 atom stereocenters. The van der Waals surface area contributed by atoms with Gasteiger partial charge in [0, 0.05) is 23.1 Å². The lowest BCUT2D eigenvalue weighted by molar-refractivity contribution is 0.0959. The number of benzene rings is 1. The van der Waals surface area contributed by atoms with E-state index in [1.54, 1.807) is 19.1 Å². The summed E-state index contributed by atoms with van der Waals surface area (Å²) >= 11 is 0. The maximum Gasteiger partial charge on any atom is 0.253 e. The van der Waals surface area contributed by atoms with Crippen LogP contribution in [0.3, 0.4) is 0 Å². The molecule has 17 heavy (non-hydrogen) atoms. The van der Waals surface area contributed by atoms with Gasteiger partial charge >= 0.3 is 0 Å². The summed E-state index contributed by atoms with van der Waals surface area (Å²) in [6, 6.07) is 4.34. The zero-order valence-electron chi connectivity index (χ0n) is 9.51. The third kappa shape index (κ3) is 2.06. The van der Waals surface area contributed by atoms with Crippen LogP contribution >= 0.6 is 0 Å². The van der Waals surface area contributed by atoms with Gasteiger partial charge in [-0.2, -0.15) is 0 Å². The molecule has 0 spiro atoms. The molecular formula is C13H13FN2O. The fourth-order valence-corrected chi connectivity index (χ4v) is 1.85. The smallest absolute Gasteiger partial charge is 0.253 e. The maximum atomic E-state index is 13.0. The molecular weight excluding hydrogens is 219 g/mol. The quantitative estimate of drug-likeness (QED) is 0.785. The Morgan fingerprint density at radius 2 is 2.35 bits per heavy atom. The zero-order valence-corrected chi connectivity index (χ0v) is 9.51. The summed E-state index contributed by atoms with van der Waals surface area (Å²) in [5.74, 6) is -0.503. The van der Waals surface area contributed by atoms with E-state index in [0.29, 0.717) is 17.6 Å². The second-order valence-corrected chi connectivity index (χ2v) is 3.81. The number of aryl methyl sites for hydroxylation is 1. The van der Waals surface area contributed by atoms with E-state index < -0.39 is 0 Å². The molecule has 0 aliphatic carbocycles. The normalized spacial score (nSPS) is 10.5. The second-order valence-electron chi connectivity index (χ2n) is 3.81. The Morgan fingerprint density at radius 1 is 1.59 bits per heavy atom. The van der Waals surface area contributed by atoms with E-state index in [0.717, 1.165) is 11.1 Å². The van der Waals surface area contributed by atoms with E-state index in [4.69, 9.17) is 0 Å². The van der Waals surface area contributed by atoms with Crippen molar-refractivity contribution in [2.45, 2.75) is 6.92 Å². The second kappa shape index (κ2) is 4.41. The SMILES string of the molecule is C=CCNC(=O)c1c(C)[nH]c2cc(F)ccc12. The highest BCUT2D eigenvalue weighted by molar-refractivity contribution is 6.08. The van der Waals surface area contributed by atoms with Crippen molar-refractivity contribution in [2.75, 3.05) is 6.54 Å². The molecule has 0 aliphatic rings. The number of carbonyl (C=O) groups excluding carboxylic acids is 1. The van der Waals surface area contributed by atoms with Crippen LogP contribution < -0.4 is 5.32 Å². The van der Waals surface area contributed by atoms with Gasteiger partial charge in [0.15, 0.2) is 0 Å². The number of H-pyrrole nitrogens is 1. The van der Waals surface area contributed by atoms with Crippen molar-refractivity contribution < 1.29 is 9.18 Å². The Bertz CT molecular complexity index is 586. The Kier molecular flexibility index (Phi) is 2.95. The first kappa shape index (κ1) is 11.4. The van der Waals surface area contributed by atoms with Gasteiger partial charge in [0.25, 0.3) is 5.91 Å². The van der Waals surface area contributed by atoms with Crippen molar-refractivity contribution in [1.82, 2.24) is 10.3 Å². The number of hydrogen-bond acceptors (Lipinski definition) is 1. The van der Waals surface area contributed by atoms with E-state index in [2.05, 4.69) is 16.9 Å². The summed E-state index contributed by atoms with van der Waals surface area (Å²) < 4.78 is 13.0. The van der Waals surface area contributed by atoms with Gasteiger partial charge in [-0.3, -0.25) is 4.79 Å². The summed E-state index contributed by atoms with van der Waals surface area (Å²) in [6.07, 6.45) is 1.61. The van der Waals surface area contributed by atoms with Crippen molar-refractivity contribution in [1.29, 1.82) is 0 Å². The Hall–Kier alpha value is -2.10. The highest BCUT2D eigenvalue weighted by Gasteiger charge is 2.15. The third-order valence-electron chi connectivity index (χ3n) is 2.58. The van der Waals surface area contributed by atoms with E-state index in [1.165, 1.54) is 12.1 Å². The first-order chi connectivity index (χ1) is 8.13. The predicted molar refractivity (Wildman–Crippen MR) is 65.5 cm³/mol. The largest absolute Gasteiger partial charge is 0.358 e. The average Bonchev–Trinajstić information content (AvgIpc) is 2.61. The molecule has 1 heterocycles. The Balaban J connectivity index is 2.49. The van der Waals surface area contributed by atoms with E-state index >= 15 is 0 Å². The van der Waals surface area contributed by atoms with Crippen LogP contribution in [0.2, 0.25) is 0 Å². The van der Waals surface area contributed by atoms with E-state index in [1.807, 2.05) is 0 Å². The number of halogens is 1. The summed E-state index contributed by atoms with van der Waals surface area (Å²) in [4.78, 5) is 14.9. The number of aromatic amines is 1. The van der Waals surface area contributed by atoms with Gasteiger partial charge in [0.05, 0.1) is 5.56 Å². The number of nitrogens with one attached hydrogen (secondary N) is 2. The summed E-state index contributed by atoms with van der Waals surface area (Å²) in [5.41, 5.74) is 1.92. The predicted octanol–water partition coefficient (Wildman–Crippen LogP) is 2.53. The lowest BCUT2D eigenvalue weighted by Crippen LogP contribution is -2.23. The van der Waals surface area contributed by atoms with Crippen molar-refractivity contribution in [3.05, 3.63) is 47.9 Å². The number of hydrogen-bond donors (Lipinski definition) is 2. The van der Waals surface area contributed by atoms with Gasteiger partial charge in [-0.25, -0.2) is 4.39 Å². The molecule has 0 saturated heterocycles. The minimum atomic E-state index is -0.322. The molecule has 0 radical (unpaired) electrons. The molecule has 1 amide bonds. The van der Waals surface area contributed by atoms with Gasteiger partial charge in [0.1, 0.15) is 5.82 Å². The van der Waals surface area contributed by atoms with Crippen LogP contribution in [0.25, 0.3) is 10.9 Å². The van der Waals surface area contributed by atoms with E-state index in [9.17, 15) is 9.18 Å². The fourth-order valence-electron chi connectivity index (χ4n) is 1.85. The standard InChI is InChI=1S/C13H13FN2O/c1-3-6-15-13(17)12-8(2)16-11-7-9(14)4-5-10(11)12/h3-5,7,16H,1,6H2,2H3,(H,15,17).